The van der Waals surface area contributed by atoms with Gasteiger partial charge in [0.1, 0.15) is 5.75 Å². The molecule has 3 aromatic rings. The van der Waals surface area contributed by atoms with Gasteiger partial charge in [0, 0.05) is 22.6 Å². The molecule has 26 heavy (non-hydrogen) atoms. The molecule has 0 spiro atoms. The van der Waals surface area contributed by atoms with Crippen LogP contribution in [0.5, 0.6) is 5.75 Å². The van der Waals surface area contributed by atoms with Crippen LogP contribution in [0.2, 0.25) is 0 Å². The van der Waals surface area contributed by atoms with E-state index in [4.69, 9.17) is 4.74 Å². The number of hydrogen-bond acceptors (Lipinski definition) is 4. The predicted octanol–water partition coefficient (Wildman–Crippen LogP) is 5.34. The van der Waals surface area contributed by atoms with Gasteiger partial charge < -0.3 is 10.1 Å². The molecule has 1 saturated heterocycles. The molecule has 0 unspecified atom stereocenters. The number of anilines is 1. The highest BCUT2D eigenvalue weighted by atomic mass is 32.2. The van der Waals surface area contributed by atoms with Crippen molar-refractivity contribution >= 4 is 45.9 Å². The number of fused-ring (bicyclic) bond motifs is 1. The van der Waals surface area contributed by atoms with E-state index < -0.39 is 0 Å². The van der Waals surface area contributed by atoms with Crippen LogP contribution in [-0.4, -0.2) is 24.0 Å². The lowest BCUT2D eigenvalue weighted by Crippen LogP contribution is -2.20. The molecule has 1 heterocycles. The van der Waals surface area contributed by atoms with Crippen molar-refractivity contribution in [1.82, 2.24) is 0 Å². The van der Waals surface area contributed by atoms with Crippen molar-refractivity contribution < 1.29 is 9.53 Å². The first-order valence-corrected chi connectivity index (χ1v) is 10.6. The van der Waals surface area contributed by atoms with Crippen LogP contribution >= 0.6 is 23.5 Å². The smallest absolute Gasteiger partial charge is 0.262 e. The summed E-state index contributed by atoms with van der Waals surface area (Å²) in [7, 11) is 0. The second-order valence-electron chi connectivity index (χ2n) is 6.01. The number of benzene rings is 3. The average Bonchev–Trinajstić information content (AvgIpc) is 3.22. The van der Waals surface area contributed by atoms with Crippen molar-refractivity contribution in [3.8, 4) is 5.75 Å². The molecule has 1 amide bonds. The molecule has 3 aromatic carbocycles. The number of carbonyl (C=O) groups excluding carboxylic acids is 1. The minimum absolute atomic E-state index is 0.00447. The van der Waals surface area contributed by atoms with E-state index in [0.717, 1.165) is 22.2 Å². The Hall–Kier alpha value is -2.11. The van der Waals surface area contributed by atoms with Crippen molar-refractivity contribution in [3.63, 3.8) is 0 Å². The number of hydrogen-bond donors (Lipinski definition) is 1. The van der Waals surface area contributed by atoms with Crippen LogP contribution in [0.3, 0.4) is 0 Å². The van der Waals surface area contributed by atoms with Gasteiger partial charge >= 0.3 is 0 Å². The summed E-state index contributed by atoms with van der Waals surface area (Å²) < 4.78 is 6.17. The molecule has 0 bridgehead atoms. The zero-order valence-corrected chi connectivity index (χ0v) is 15.8. The van der Waals surface area contributed by atoms with E-state index in [1.165, 1.54) is 17.1 Å². The lowest BCUT2D eigenvalue weighted by atomic mass is 10.1. The third kappa shape index (κ3) is 4.00. The first-order valence-electron chi connectivity index (χ1n) is 8.53. The third-order valence-electron chi connectivity index (χ3n) is 4.21. The first-order chi connectivity index (χ1) is 12.8. The van der Waals surface area contributed by atoms with Gasteiger partial charge in [-0.15, -0.1) is 23.5 Å². The molecule has 1 fully saturated rings. The number of rotatable bonds is 5. The number of amides is 1. The second-order valence-corrected chi connectivity index (χ2v) is 8.73. The number of ether oxygens (including phenoxy) is 1. The highest BCUT2D eigenvalue weighted by molar-refractivity contribution is 8.19. The standard InChI is InChI=1S/C21H19NO2S2/c23-20(22-19-7-3-5-15-4-1-2-6-18(15)19)14-24-17-10-8-16(9-11-17)21-25-12-13-26-21/h1-11,21H,12-14H2,(H,22,23). The molecule has 1 N–H and O–H groups in total. The summed E-state index contributed by atoms with van der Waals surface area (Å²) in [5.74, 6) is 2.98. The van der Waals surface area contributed by atoms with Crippen LogP contribution in [0.4, 0.5) is 5.69 Å². The van der Waals surface area contributed by atoms with Gasteiger partial charge in [0.05, 0.1) is 4.58 Å². The van der Waals surface area contributed by atoms with Crippen molar-refractivity contribution in [1.29, 1.82) is 0 Å². The van der Waals surface area contributed by atoms with Crippen LogP contribution in [-0.2, 0) is 4.79 Å². The zero-order chi connectivity index (χ0) is 17.8. The molecule has 0 saturated carbocycles. The molecule has 0 aliphatic carbocycles. The Labute approximate surface area is 161 Å². The highest BCUT2D eigenvalue weighted by Crippen LogP contribution is 2.45. The SMILES string of the molecule is O=C(COc1ccc(C2SCCS2)cc1)Nc1cccc2ccccc12. The van der Waals surface area contributed by atoms with E-state index in [2.05, 4.69) is 17.4 Å². The molecular formula is C21H19NO2S2. The molecule has 0 aromatic heterocycles. The van der Waals surface area contributed by atoms with Crippen LogP contribution in [0.1, 0.15) is 10.1 Å². The van der Waals surface area contributed by atoms with Gasteiger partial charge in [-0.05, 0) is 29.1 Å². The Balaban J connectivity index is 1.36. The lowest BCUT2D eigenvalue weighted by Gasteiger charge is -2.11. The van der Waals surface area contributed by atoms with Gasteiger partial charge in [0.15, 0.2) is 6.61 Å². The Morgan fingerprint density at radius 2 is 1.69 bits per heavy atom. The summed E-state index contributed by atoms with van der Waals surface area (Å²) >= 11 is 3.96. The van der Waals surface area contributed by atoms with Crippen molar-refractivity contribution in [2.45, 2.75) is 4.58 Å². The molecule has 0 atom stereocenters. The number of thioether (sulfide) groups is 2. The summed E-state index contributed by atoms with van der Waals surface area (Å²) in [6, 6.07) is 21.9. The topological polar surface area (TPSA) is 38.3 Å². The van der Waals surface area contributed by atoms with Gasteiger partial charge in [-0.25, -0.2) is 0 Å². The zero-order valence-electron chi connectivity index (χ0n) is 14.2. The summed E-state index contributed by atoms with van der Waals surface area (Å²) in [6.07, 6.45) is 0. The van der Waals surface area contributed by atoms with E-state index in [1.54, 1.807) is 0 Å². The molecule has 1 aliphatic rings. The Kier molecular flexibility index (Phi) is 5.37. The average molecular weight is 382 g/mol. The molecule has 0 radical (unpaired) electrons. The summed E-state index contributed by atoms with van der Waals surface area (Å²) in [5, 5.41) is 5.07. The van der Waals surface area contributed by atoms with E-state index >= 15 is 0 Å². The summed E-state index contributed by atoms with van der Waals surface area (Å²) in [6.45, 7) is -0.00447. The number of nitrogens with one attached hydrogen (secondary N) is 1. The molecule has 5 heteroatoms. The quantitative estimate of drug-likeness (QED) is 0.648. The van der Waals surface area contributed by atoms with Crippen LogP contribution in [0, 0.1) is 0 Å². The van der Waals surface area contributed by atoms with Crippen LogP contribution in [0.15, 0.2) is 66.7 Å². The fraction of sp³-hybridized carbons (Fsp3) is 0.190. The van der Waals surface area contributed by atoms with Gasteiger partial charge in [-0.2, -0.15) is 0 Å². The van der Waals surface area contributed by atoms with E-state index in [0.29, 0.717) is 4.58 Å². The van der Waals surface area contributed by atoms with E-state index in [9.17, 15) is 4.79 Å². The molecule has 1 aliphatic heterocycles. The normalized spacial score (nSPS) is 14.5. The highest BCUT2D eigenvalue weighted by Gasteiger charge is 2.18. The summed E-state index contributed by atoms with van der Waals surface area (Å²) in [4.78, 5) is 12.3. The molecule has 4 rings (SSSR count). The molecule has 3 nitrogen and oxygen atoms in total. The van der Waals surface area contributed by atoms with Gasteiger partial charge in [0.2, 0.25) is 0 Å². The fourth-order valence-corrected chi connectivity index (χ4v) is 5.80. The Morgan fingerprint density at radius 3 is 2.50 bits per heavy atom. The van der Waals surface area contributed by atoms with Crippen molar-refractivity contribution in [3.05, 3.63) is 72.3 Å². The molecular weight excluding hydrogens is 362 g/mol. The maximum absolute atomic E-state index is 12.3. The van der Waals surface area contributed by atoms with Gasteiger partial charge in [-0.1, -0.05) is 48.5 Å². The lowest BCUT2D eigenvalue weighted by molar-refractivity contribution is -0.118. The van der Waals surface area contributed by atoms with E-state index in [1.807, 2.05) is 78.1 Å². The first kappa shape index (κ1) is 17.3. The second kappa shape index (κ2) is 8.06. The van der Waals surface area contributed by atoms with Crippen molar-refractivity contribution in [2.24, 2.45) is 0 Å². The van der Waals surface area contributed by atoms with E-state index in [-0.39, 0.29) is 12.5 Å². The summed E-state index contributed by atoms with van der Waals surface area (Å²) in [5.41, 5.74) is 2.12. The minimum Gasteiger partial charge on any atom is -0.484 e. The third-order valence-corrected chi connectivity index (χ3v) is 7.31. The van der Waals surface area contributed by atoms with Crippen molar-refractivity contribution in [2.75, 3.05) is 23.4 Å². The number of carbonyl (C=O) groups is 1. The molecule has 132 valence electrons. The van der Waals surface area contributed by atoms with Gasteiger partial charge in [-0.3, -0.25) is 4.79 Å². The fourth-order valence-electron chi connectivity index (χ4n) is 2.94. The minimum atomic E-state index is -0.160. The maximum atomic E-state index is 12.3. The Bertz CT molecular complexity index is 900. The van der Waals surface area contributed by atoms with Crippen LogP contribution in [0.25, 0.3) is 10.8 Å². The largest absolute Gasteiger partial charge is 0.484 e. The van der Waals surface area contributed by atoms with Crippen LogP contribution < -0.4 is 10.1 Å². The van der Waals surface area contributed by atoms with Gasteiger partial charge in [0.25, 0.3) is 5.91 Å². The monoisotopic (exact) mass is 381 g/mol. The Morgan fingerprint density at radius 1 is 0.962 bits per heavy atom. The predicted molar refractivity (Wildman–Crippen MR) is 112 cm³/mol. The maximum Gasteiger partial charge on any atom is 0.262 e.